The van der Waals surface area contributed by atoms with Gasteiger partial charge in [0.25, 0.3) is 0 Å². The molecule has 0 aromatic heterocycles. The van der Waals surface area contributed by atoms with Crippen molar-refractivity contribution in [3.8, 4) is 0 Å². The third-order valence-corrected chi connectivity index (χ3v) is 2.61. The fraction of sp³-hybridized carbons (Fsp3) is 0.900. The number of methoxy groups -OCH3 is 2. The van der Waals surface area contributed by atoms with Crippen molar-refractivity contribution in [2.24, 2.45) is 0 Å². The number of hydrogen-bond acceptors (Lipinski definition) is 5. The summed E-state index contributed by atoms with van der Waals surface area (Å²) < 4.78 is 15.2. The van der Waals surface area contributed by atoms with Crippen LogP contribution in [0.4, 0.5) is 0 Å². The zero-order valence-corrected chi connectivity index (χ0v) is 9.56. The van der Waals surface area contributed by atoms with Crippen LogP contribution in [0.2, 0.25) is 0 Å². The number of morpholine rings is 1. The number of hydrogen-bond donors (Lipinski definition) is 0. The Labute approximate surface area is 90.3 Å². The van der Waals surface area contributed by atoms with E-state index in [2.05, 4.69) is 0 Å². The summed E-state index contributed by atoms with van der Waals surface area (Å²) in [5, 5.41) is 0. The Hall–Kier alpha value is -0.650. The zero-order chi connectivity index (χ0) is 11.3. The lowest BCUT2D eigenvalue weighted by atomic mass is 10.2. The molecular weight excluding hydrogens is 198 g/mol. The minimum Gasteiger partial charge on any atom is -0.468 e. The number of esters is 1. The molecule has 0 aromatic rings. The molecule has 0 spiro atoms. The first-order chi connectivity index (χ1) is 7.19. The molecule has 5 heteroatoms. The first-order valence-electron chi connectivity index (χ1n) is 5.11. The van der Waals surface area contributed by atoms with Crippen LogP contribution >= 0.6 is 0 Å². The molecule has 1 saturated heterocycles. The standard InChI is InChI=1S/C10H19NO4/c1-8(13-2)6-11-4-5-15-7-9(11)10(12)14-3/h8-9H,4-7H2,1-3H3. The third kappa shape index (κ3) is 3.44. The molecule has 0 bridgehead atoms. The highest BCUT2D eigenvalue weighted by Crippen LogP contribution is 2.09. The molecule has 0 aliphatic carbocycles. The Balaban J connectivity index is 2.53. The maximum Gasteiger partial charge on any atom is 0.325 e. The van der Waals surface area contributed by atoms with E-state index in [9.17, 15) is 4.79 Å². The van der Waals surface area contributed by atoms with Crippen LogP contribution in [-0.4, -0.2) is 63.5 Å². The highest BCUT2D eigenvalue weighted by atomic mass is 16.5. The molecule has 15 heavy (non-hydrogen) atoms. The molecular formula is C10H19NO4. The van der Waals surface area contributed by atoms with E-state index in [0.717, 1.165) is 13.1 Å². The van der Waals surface area contributed by atoms with Gasteiger partial charge in [-0.15, -0.1) is 0 Å². The van der Waals surface area contributed by atoms with Gasteiger partial charge in [0.1, 0.15) is 6.04 Å². The summed E-state index contributed by atoms with van der Waals surface area (Å²) in [6.07, 6.45) is 0.107. The van der Waals surface area contributed by atoms with E-state index < -0.39 is 0 Å². The molecule has 1 fully saturated rings. The predicted octanol–water partition coefficient (Wildman–Crippen LogP) is -0.105. The number of nitrogens with zero attached hydrogens (tertiary/aromatic N) is 1. The lowest BCUT2D eigenvalue weighted by Crippen LogP contribution is -2.52. The highest BCUT2D eigenvalue weighted by Gasteiger charge is 2.30. The average Bonchev–Trinajstić information content (AvgIpc) is 2.28. The first-order valence-corrected chi connectivity index (χ1v) is 5.11. The summed E-state index contributed by atoms with van der Waals surface area (Å²) in [6, 6.07) is -0.290. The maximum atomic E-state index is 11.5. The van der Waals surface area contributed by atoms with E-state index in [1.807, 2.05) is 11.8 Å². The van der Waals surface area contributed by atoms with Crippen LogP contribution < -0.4 is 0 Å². The Bertz CT molecular complexity index is 210. The van der Waals surface area contributed by atoms with Gasteiger partial charge in [-0.2, -0.15) is 0 Å². The Morgan fingerprint density at radius 3 is 2.93 bits per heavy atom. The predicted molar refractivity (Wildman–Crippen MR) is 54.7 cm³/mol. The molecule has 1 aliphatic rings. The topological polar surface area (TPSA) is 48.0 Å². The summed E-state index contributed by atoms with van der Waals surface area (Å²) >= 11 is 0. The van der Waals surface area contributed by atoms with Crippen molar-refractivity contribution in [3.05, 3.63) is 0 Å². The molecule has 5 nitrogen and oxygen atoms in total. The Morgan fingerprint density at radius 1 is 1.60 bits per heavy atom. The van der Waals surface area contributed by atoms with Crippen molar-refractivity contribution in [2.75, 3.05) is 40.5 Å². The van der Waals surface area contributed by atoms with Gasteiger partial charge < -0.3 is 14.2 Å². The minimum absolute atomic E-state index is 0.107. The summed E-state index contributed by atoms with van der Waals surface area (Å²) in [6.45, 7) is 4.50. The van der Waals surface area contributed by atoms with Crippen LogP contribution in [-0.2, 0) is 19.0 Å². The third-order valence-electron chi connectivity index (χ3n) is 2.61. The van der Waals surface area contributed by atoms with E-state index >= 15 is 0 Å². The van der Waals surface area contributed by atoms with Crippen molar-refractivity contribution < 1.29 is 19.0 Å². The van der Waals surface area contributed by atoms with Gasteiger partial charge in [0.15, 0.2) is 0 Å². The number of ether oxygens (including phenoxy) is 3. The van der Waals surface area contributed by atoms with Crippen molar-refractivity contribution in [1.29, 1.82) is 0 Å². The largest absolute Gasteiger partial charge is 0.468 e. The molecule has 0 aromatic carbocycles. The average molecular weight is 217 g/mol. The number of rotatable bonds is 4. The van der Waals surface area contributed by atoms with E-state index in [1.165, 1.54) is 7.11 Å². The van der Waals surface area contributed by atoms with Crippen LogP contribution in [0.3, 0.4) is 0 Å². The van der Waals surface area contributed by atoms with Crippen LogP contribution in [0, 0.1) is 0 Å². The van der Waals surface area contributed by atoms with Crippen LogP contribution in [0.15, 0.2) is 0 Å². The smallest absolute Gasteiger partial charge is 0.325 e. The van der Waals surface area contributed by atoms with Gasteiger partial charge in [-0.25, -0.2) is 0 Å². The first kappa shape index (κ1) is 12.4. The lowest BCUT2D eigenvalue weighted by Gasteiger charge is -2.34. The normalized spacial score (nSPS) is 24.9. The van der Waals surface area contributed by atoms with Gasteiger partial charge >= 0.3 is 5.97 Å². The Morgan fingerprint density at radius 2 is 2.33 bits per heavy atom. The second-order valence-corrected chi connectivity index (χ2v) is 3.66. The van der Waals surface area contributed by atoms with Crippen molar-refractivity contribution >= 4 is 5.97 Å². The molecule has 2 unspecified atom stereocenters. The molecule has 1 aliphatic heterocycles. The van der Waals surface area contributed by atoms with Gasteiger partial charge in [-0.3, -0.25) is 9.69 Å². The van der Waals surface area contributed by atoms with Crippen LogP contribution in [0.1, 0.15) is 6.92 Å². The SMILES string of the molecule is COC(=O)C1COCCN1CC(C)OC. The van der Waals surface area contributed by atoms with Crippen molar-refractivity contribution in [1.82, 2.24) is 4.90 Å². The summed E-state index contributed by atoms with van der Waals surface area (Å²) in [5.74, 6) is -0.238. The van der Waals surface area contributed by atoms with Crippen LogP contribution in [0.5, 0.6) is 0 Å². The fourth-order valence-electron chi connectivity index (χ4n) is 1.61. The number of carbonyl (C=O) groups excluding carboxylic acids is 1. The molecule has 1 rings (SSSR count). The van der Waals surface area contributed by atoms with Gasteiger partial charge in [0.05, 0.1) is 26.4 Å². The van der Waals surface area contributed by atoms with E-state index in [-0.39, 0.29) is 18.1 Å². The van der Waals surface area contributed by atoms with E-state index in [4.69, 9.17) is 14.2 Å². The minimum atomic E-state index is -0.290. The maximum absolute atomic E-state index is 11.5. The van der Waals surface area contributed by atoms with Gasteiger partial charge in [-0.05, 0) is 6.92 Å². The van der Waals surface area contributed by atoms with Gasteiger partial charge in [0, 0.05) is 20.2 Å². The quantitative estimate of drug-likeness (QED) is 0.615. The highest BCUT2D eigenvalue weighted by molar-refractivity contribution is 5.75. The molecule has 88 valence electrons. The molecule has 0 saturated carbocycles. The summed E-state index contributed by atoms with van der Waals surface area (Å²) in [5.41, 5.74) is 0. The van der Waals surface area contributed by atoms with Crippen LogP contribution in [0.25, 0.3) is 0 Å². The second-order valence-electron chi connectivity index (χ2n) is 3.66. The Kier molecular flexibility index (Phi) is 5.01. The van der Waals surface area contributed by atoms with Gasteiger partial charge in [-0.1, -0.05) is 0 Å². The fourth-order valence-corrected chi connectivity index (χ4v) is 1.61. The number of carbonyl (C=O) groups is 1. The molecule has 0 amide bonds. The molecule has 0 N–H and O–H groups in total. The molecule has 2 atom stereocenters. The zero-order valence-electron chi connectivity index (χ0n) is 9.56. The van der Waals surface area contributed by atoms with E-state index in [0.29, 0.717) is 13.2 Å². The monoisotopic (exact) mass is 217 g/mol. The van der Waals surface area contributed by atoms with Gasteiger partial charge in [0.2, 0.25) is 0 Å². The molecule has 1 heterocycles. The van der Waals surface area contributed by atoms with E-state index in [1.54, 1.807) is 7.11 Å². The second kappa shape index (κ2) is 6.05. The summed E-state index contributed by atoms with van der Waals surface area (Å²) in [4.78, 5) is 13.5. The molecule has 0 radical (unpaired) electrons. The lowest BCUT2D eigenvalue weighted by molar-refractivity contribution is -0.154. The van der Waals surface area contributed by atoms with Crippen molar-refractivity contribution in [3.63, 3.8) is 0 Å². The summed E-state index contributed by atoms with van der Waals surface area (Å²) in [7, 11) is 3.06. The van der Waals surface area contributed by atoms with Crippen molar-refractivity contribution in [2.45, 2.75) is 19.1 Å².